The van der Waals surface area contributed by atoms with E-state index in [0.717, 1.165) is 10.6 Å². The highest BCUT2D eigenvalue weighted by atomic mass is 32.2. The van der Waals surface area contributed by atoms with E-state index in [4.69, 9.17) is 5.11 Å². The number of thioether (sulfide) groups is 1. The predicted octanol–water partition coefficient (Wildman–Crippen LogP) is 2.86. The van der Waals surface area contributed by atoms with Crippen LogP contribution in [-0.2, 0) is 0 Å². The second-order valence-electron chi connectivity index (χ2n) is 4.07. The zero-order valence-electron chi connectivity index (χ0n) is 11.1. The summed E-state index contributed by atoms with van der Waals surface area (Å²) in [6.07, 6.45) is 1.44. The molecule has 1 N–H and O–H groups in total. The maximum absolute atomic E-state index is 11.1. The molecule has 0 aliphatic heterocycles. The Morgan fingerprint density at radius 2 is 2.30 bits per heavy atom. The second kappa shape index (κ2) is 5.80. The molecule has 0 unspecified atom stereocenters. The first-order valence-corrected chi connectivity index (χ1v) is 7.02. The summed E-state index contributed by atoms with van der Waals surface area (Å²) >= 11 is 1.57. The van der Waals surface area contributed by atoms with Crippen LogP contribution in [0.1, 0.15) is 28.5 Å². The first kappa shape index (κ1) is 14.2. The Morgan fingerprint density at radius 3 is 2.85 bits per heavy atom. The standard InChI is InChI=1S/C14H13N3O2S/c1-3-20-13-6-4-5-12(10(13)7-15)17-8-11(14(18)19)9(2)16-17/h4-6,8H,3H2,1-2H3,(H,18,19). The molecule has 6 heteroatoms. The van der Waals surface area contributed by atoms with E-state index in [1.165, 1.54) is 10.9 Å². The van der Waals surface area contributed by atoms with Crippen molar-refractivity contribution in [2.24, 2.45) is 0 Å². The number of carboxylic acid groups (broad SMARTS) is 1. The van der Waals surface area contributed by atoms with Gasteiger partial charge in [-0.05, 0) is 24.8 Å². The minimum absolute atomic E-state index is 0.141. The predicted molar refractivity (Wildman–Crippen MR) is 76.4 cm³/mol. The van der Waals surface area contributed by atoms with E-state index >= 15 is 0 Å². The molecule has 0 spiro atoms. The van der Waals surface area contributed by atoms with Gasteiger partial charge in [0.2, 0.25) is 0 Å². The molecule has 20 heavy (non-hydrogen) atoms. The SMILES string of the molecule is CCSc1cccc(-n2cc(C(=O)O)c(C)n2)c1C#N. The van der Waals surface area contributed by atoms with E-state index < -0.39 is 5.97 Å². The number of nitrogens with zero attached hydrogens (tertiary/aromatic N) is 3. The number of aromatic nitrogens is 2. The molecule has 0 saturated carbocycles. The van der Waals surface area contributed by atoms with Crippen molar-refractivity contribution >= 4 is 17.7 Å². The summed E-state index contributed by atoms with van der Waals surface area (Å²) in [6, 6.07) is 7.66. The highest BCUT2D eigenvalue weighted by molar-refractivity contribution is 7.99. The van der Waals surface area contributed by atoms with E-state index in [0.29, 0.717) is 16.9 Å². The molecule has 0 amide bonds. The third-order valence-electron chi connectivity index (χ3n) is 2.79. The smallest absolute Gasteiger partial charge is 0.339 e. The number of nitriles is 1. The summed E-state index contributed by atoms with van der Waals surface area (Å²) in [5.41, 5.74) is 1.68. The van der Waals surface area contributed by atoms with E-state index in [9.17, 15) is 10.1 Å². The average molecular weight is 287 g/mol. The van der Waals surface area contributed by atoms with Crippen molar-refractivity contribution in [3.05, 3.63) is 41.2 Å². The van der Waals surface area contributed by atoms with Crippen molar-refractivity contribution < 1.29 is 9.90 Å². The topological polar surface area (TPSA) is 78.9 Å². The summed E-state index contributed by atoms with van der Waals surface area (Å²) in [5.74, 6) is -0.164. The van der Waals surface area contributed by atoms with Gasteiger partial charge in [-0.25, -0.2) is 9.48 Å². The number of aryl methyl sites for hydroxylation is 1. The Balaban J connectivity index is 2.58. The van der Waals surface area contributed by atoms with Crippen LogP contribution >= 0.6 is 11.8 Å². The normalized spacial score (nSPS) is 10.2. The Morgan fingerprint density at radius 1 is 1.55 bits per heavy atom. The maximum Gasteiger partial charge on any atom is 0.339 e. The highest BCUT2D eigenvalue weighted by Gasteiger charge is 2.16. The average Bonchev–Trinajstić information content (AvgIpc) is 2.81. The van der Waals surface area contributed by atoms with Crippen LogP contribution in [0.15, 0.2) is 29.3 Å². The van der Waals surface area contributed by atoms with Gasteiger partial charge in [0.25, 0.3) is 0 Å². The molecule has 102 valence electrons. The van der Waals surface area contributed by atoms with Gasteiger partial charge in [0.15, 0.2) is 0 Å². The largest absolute Gasteiger partial charge is 0.478 e. The summed E-state index contributed by atoms with van der Waals surface area (Å²) in [7, 11) is 0. The fraction of sp³-hybridized carbons (Fsp3) is 0.214. The molecule has 1 heterocycles. The number of benzene rings is 1. The third kappa shape index (κ3) is 2.53. The van der Waals surface area contributed by atoms with Crippen molar-refractivity contribution in [1.29, 1.82) is 5.26 Å². The van der Waals surface area contributed by atoms with E-state index in [1.807, 2.05) is 19.1 Å². The number of aromatic carboxylic acids is 1. The lowest BCUT2D eigenvalue weighted by atomic mass is 10.2. The van der Waals surface area contributed by atoms with Crippen LogP contribution < -0.4 is 0 Å². The lowest BCUT2D eigenvalue weighted by molar-refractivity contribution is 0.0696. The van der Waals surface area contributed by atoms with Crippen LogP contribution in [0.4, 0.5) is 0 Å². The molecule has 0 atom stereocenters. The fourth-order valence-corrected chi connectivity index (χ4v) is 2.67. The summed E-state index contributed by atoms with van der Waals surface area (Å²) in [5, 5.41) is 22.6. The Bertz CT molecular complexity index is 701. The minimum Gasteiger partial charge on any atom is -0.478 e. The molecule has 2 rings (SSSR count). The van der Waals surface area contributed by atoms with Crippen LogP contribution in [0.5, 0.6) is 0 Å². The van der Waals surface area contributed by atoms with Gasteiger partial charge < -0.3 is 5.11 Å². The first-order valence-electron chi connectivity index (χ1n) is 6.04. The molecule has 0 bridgehead atoms. The van der Waals surface area contributed by atoms with Crippen molar-refractivity contribution in [1.82, 2.24) is 9.78 Å². The van der Waals surface area contributed by atoms with Gasteiger partial charge in [-0.2, -0.15) is 10.4 Å². The van der Waals surface area contributed by atoms with Crippen molar-refractivity contribution in [3.63, 3.8) is 0 Å². The number of carboxylic acids is 1. The number of rotatable bonds is 4. The second-order valence-corrected chi connectivity index (χ2v) is 5.38. The monoisotopic (exact) mass is 287 g/mol. The lowest BCUT2D eigenvalue weighted by Crippen LogP contribution is -2.00. The zero-order valence-corrected chi connectivity index (χ0v) is 11.9. The molecule has 0 radical (unpaired) electrons. The van der Waals surface area contributed by atoms with Gasteiger partial charge in [-0.3, -0.25) is 0 Å². The van der Waals surface area contributed by atoms with Crippen LogP contribution in [-0.4, -0.2) is 26.6 Å². The molecule has 0 fully saturated rings. The van der Waals surface area contributed by atoms with E-state index in [2.05, 4.69) is 11.2 Å². The first-order chi connectivity index (χ1) is 9.58. The number of carbonyl (C=O) groups is 1. The quantitative estimate of drug-likeness (QED) is 0.875. The van der Waals surface area contributed by atoms with E-state index in [1.54, 1.807) is 24.8 Å². The van der Waals surface area contributed by atoms with Crippen molar-refractivity contribution in [2.75, 3.05) is 5.75 Å². The molecular formula is C14H13N3O2S. The molecular weight excluding hydrogens is 274 g/mol. The number of hydrogen-bond donors (Lipinski definition) is 1. The summed E-state index contributed by atoms with van der Waals surface area (Å²) in [6.45, 7) is 3.65. The summed E-state index contributed by atoms with van der Waals surface area (Å²) in [4.78, 5) is 11.9. The minimum atomic E-state index is -1.02. The van der Waals surface area contributed by atoms with Crippen LogP contribution in [0.3, 0.4) is 0 Å². The van der Waals surface area contributed by atoms with Crippen molar-refractivity contribution in [3.8, 4) is 11.8 Å². The Labute approximate surface area is 120 Å². The van der Waals surface area contributed by atoms with Crippen LogP contribution in [0.25, 0.3) is 5.69 Å². The van der Waals surface area contributed by atoms with Gasteiger partial charge in [-0.15, -0.1) is 11.8 Å². The fourth-order valence-electron chi connectivity index (χ4n) is 1.89. The van der Waals surface area contributed by atoms with Crippen LogP contribution in [0.2, 0.25) is 0 Å². The zero-order chi connectivity index (χ0) is 14.7. The molecule has 0 saturated heterocycles. The van der Waals surface area contributed by atoms with Gasteiger partial charge >= 0.3 is 5.97 Å². The molecule has 1 aromatic carbocycles. The third-order valence-corrected chi connectivity index (χ3v) is 3.73. The van der Waals surface area contributed by atoms with E-state index in [-0.39, 0.29) is 5.56 Å². The van der Waals surface area contributed by atoms with Gasteiger partial charge in [0.05, 0.1) is 16.9 Å². The lowest BCUT2D eigenvalue weighted by Gasteiger charge is -2.08. The molecule has 2 aromatic rings. The van der Waals surface area contributed by atoms with Gasteiger partial charge in [0, 0.05) is 11.1 Å². The van der Waals surface area contributed by atoms with Gasteiger partial charge in [-0.1, -0.05) is 13.0 Å². The summed E-state index contributed by atoms with van der Waals surface area (Å²) < 4.78 is 1.46. The highest BCUT2D eigenvalue weighted by Crippen LogP contribution is 2.27. The maximum atomic E-state index is 11.1. The number of hydrogen-bond acceptors (Lipinski definition) is 4. The van der Waals surface area contributed by atoms with Crippen LogP contribution in [0, 0.1) is 18.3 Å². The van der Waals surface area contributed by atoms with Gasteiger partial charge in [0.1, 0.15) is 11.6 Å². The molecule has 5 nitrogen and oxygen atoms in total. The Hall–Kier alpha value is -2.26. The molecule has 1 aromatic heterocycles. The molecule has 0 aliphatic carbocycles. The Kier molecular flexibility index (Phi) is 4.11. The molecule has 0 aliphatic rings. The van der Waals surface area contributed by atoms with Crippen molar-refractivity contribution in [2.45, 2.75) is 18.7 Å².